The summed E-state index contributed by atoms with van der Waals surface area (Å²) in [5.41, 5.74) is 1.14. The van der Waals surface area contributed by atoms with Gasteiger partial charge in [-0.1, -0.05) is 30.3 Å². The van der Waals surface area contributed by atoms with Crippen LogP contribution in [0.2, 0.25) is 0 Å². The van der Waals surface area contributed by atoms with Gasteiger partial charge in [-0.25, -0.2) is 0 Å². The molecule has 0 bridgehead atoms. The minimum atomic E-state index is -0.903. The number of carbonyl (C=O) groups excluding carboxylic acids is 2. The Kier molecular flexibility index (Phi) is 4.83. The molecule has 2 fully saturated rings. The zero-order valence-corrected chi connectivity index (χ0v) is 13.5. The van der Waals surface area contributed by atoms with E-state index in [0.717, 1.165) is 18.4 Å². The first-order valence-corrected chi connectivity index (χ1v) is 8.39. The molecule has 0 spiro atoms. The van der Waals surface area contributed by atoms with E-state index in [2.05, 4.69) is 5.32 Å². The predicted octanol–water partition coefficient (Wildman–Crippen LogP) is 1.06. The SMILES string of the molecule is O=C(O)C1CC1C(=O)NC1CCN(C(=O)CCc2ccccc2)C1. The summed E-state index contributed by atoms with van der Waals surface area (Å²) in [6, 6.07) is 9.83. The number of nitrogens with zero attached hydrogens (tertiary/aromatic N) is 1. The molecule has 3 atom stereocenters. The van der Waals surface area contributed by atoms with Crippen molar-refractivity contribution in [2.75, 3.05) is 13.1 Å². The van der Waals surface area contributed by atoms with Crippen LogP contribution in [0.1, 0.15) is 24.8 Å². The Morgan fingerprint density at radius 3 is 2.58 bits per heavy atom. The van der Waals surface area contributed by atoms with E-state index in [1.165, 1.54) is 0 Å². The Hall–Kier alpha value is -2.37. The molecule has 1 aromatic carbocycles. The van der Waals surface area contributed by atoms with E-state index >= 15 is 0 Å². The lowest BCUT2D eigenvalue weighted by Crippen LogP contribution is -2.39. The third-order valence-corrected chi connectivity index (χ3v) is 4.80. The van der Waals surface area contributed by atoms with Crippen LogP contribution in [0.3, 0.4) is 0 Å². The van der Waals surface area contributed by atoms with Crippen molar-refractivity contribution in [3.05, 3.63) is 35.9 Å². The van der Waals surface area contributed by atoms with E-state index < -0.39 is 17.8 Å². The quantitative estimate of drug-likeness (QED) is 0.816. The first kappa shape index (κ1) is 16.5. The van der Waals surface area contributed by atoms with Crippen molar-refractivity contribution in [3.8, 4) is 0 Å². The van der Waals surface area contributed by atoms with Crippen molar-refractivity contribution in [2.45, 2.75) is 31.7 Å². The van der Waals surface area contributed by atoms with Crippen molar-refractivity contribution >= 4 is 17.8 Å². The summed E-state index contributed by atoms with van der Waals surface area (Å²) >= 11 is 0. The second-order valence-corrected chi connectivity index (χ2v) is 6.61. The van der Waals surface area contributed by atoms with Gasteiger partial charge in [-0.05, 0) is 24.8 Å². The summed E-state index contributed by atoms with van der Waals surface area (Å²) in [5, 5.41) is 11.8. The van der Waals surface area contributed by atoms with Crippen LogP contribution < -0.4 is 5.32 Å². The van der Waals surface area contributed by atoms with Gasteiger partial charge in [-0.3, -0.25) is 14.4 Å². The Morgan fingerprint density at radius 2 is 1.92 bits per heavy atom. The number of aliphatic carboxylic acids is 1. The Morgan fingerprint density at radius 1 is 1.17 bits per heavy atom. The molecule has 1 aliphatic heterocycles. The van der Waals surface area contributed by atoms with Gasteiger partial charge in [0.25, 0.3) is 0 Å². The molecular weight excluding hydrogens is 308 g/mol. The molecule has 1 aliphatic carbocycles. The van der Waals surface area contributed by atoms with Gasteiger partial charge < -0.3 is 15.3 Å². The van der Waals surface area contributed by atoms with Gasteiger partial charge in [0.05, 0.1) is 11.8 Å². The lowest BCUT2D eigenvalue weighted by Gasteiger charge is -2.17. The highest BCUT2D eigenvalue weighted by atomic mass is 16.4. The largest absolute Gasteiger partial charge is 0.481 e. The number of hydrogen-bond acceptors (Lipinski definition) is 3. The van der Waals surface area contributed by atoms with Crippen LogP contribution in [0.15, 0.2) is 30.3 Å². The summed E-state index contributed by atoms with van der Waals surface area (Å²) < 4.78 is 0. The zero-order valence-electron chi connectivity index (χ0n) is 13.5. The number of likely N-dealkylation sites (tertiary alicyclic amines) is 1. The van der Waals surface area contributed by atoms with Crippen LogP contribution in [-0.4, -0.2) is 46.9 Å². The molecule has 0 aromatic heterocycles. The molecular formula is C18H22N2O4. The number of nitrogens with one attached hydrogen (secondary N) is 1. The average molecular weight is 330 g/mol. The van der Waals surface area contributed by atoms with Gasteiger partial charge in [0.2, 0.25) is 11.8 Å². The Labute approximate surface area is 140 Å². The molecule has 1 saturated carbocycles. The Balaban J connectivity index is 1.41. The maximum Gasteiger partial charge on any atom is 0.307 e. The number of hydrogen-bond donors (Lipinski definition) is 2. The summed E-state index contributed by atoms with van der Waals surface area (Å²) in [7, 11) is 0. The third kappa shape index (κ3) is 3.93. The number of aryl methyl sites for hydroxylation is 1. The average Bonchev–Trinajstić information content (AvgIpc) is 3.27. The third-order valence-electron chi connectivity index (χ3n) is 4.80. The van der Waals surface area contributed by atoms with Crippen molar-refractivity contribution in [1.82, 2.24) is 10.2 Å². The van der Waals surface area contributed by atoms with Crippen LogP contribution >= 0.6 is 0 Å². The number of rotatable bonds is 6. The Bertz CT molecular complexity index is 631. The summed E-state index contributed by atoms with van der Waals surface area (Å²) in [6.45, 7) is 1.16. The molecule has 24 heavy (non-hydrogen) atoms. The molecule has 2 N–H and O–H groups in total. The monoisotopic (exact) mass is 330 g/mol. The van der Waals surface area contributed by atoms with Gasteiger partial charge in [0.15, 0.2) is 0 Å². The number of carboxylic acid groups (broad SMARTS) is 1. The first-order valence-electron chi connectivity index (χ1n) is 8.39. The topological polar surface area (TPSA) is 86.7 Å². The molecule has 1 aromatic rings. The van der Waals surface area contributed by atoms with Crippen LogP contribution in [0.25, 0.3) is 0 Å². The summed E-state index contributed by atoms with van der Waals surface area (Å²) in [4.78, 5) is 36.9. The van der Waals surface area contributed by atoms with Crippen LogP contribution in [0.5, 0.6) is 0 Å². The zero-order chi connectivity index (χ0) is 17.1. The van der Waals surface area contributed by atoms with E-state index in [-0.39, 0.29) is 17.9 Å². The maximum absolute atomic E-state index is 12.3. The minimum absolute atomic E-state index is 0.0618. The summed E-state index contributed by atoms with van der Waals surface area (Å²) in [5.74, 6) is -1.92. The molecule has 3 unspecified atom stereocenters. The minimum Gasteiger partial charge on any atom is -0.481 e. The predicted molar refractivity (Wildman–Crippen MR) is 87.1 cm³/mol. The highest BCUT2D eigenvalue weighted by Crippen LogP contribution is 2.38. The first-order chi connectivity index (χ1) is 11.5. The molecule has 6 heteroatoms. The fraction of sp³-hybridized carbons (Fsp3) is 0.500. The van der Waals surface area contributed by atoms with Crippen LogP contribution in [-0.2, 0) is 20.8 Å². The van der Waals surface area contributed by atoms with Crippen molar-refractivity contribution in [1.29, 1.82) is 0 Å². The van der Waals surface area contributed by atoms with Gasteiger partial charge >= 0.3 is 5.97 Å². The van der Waals surface area contributed by atoms with Gasteiger partial charge in [0.1, 0.15) is 0 Å². The molecule has 0 radical (unpaired) electrons. The van der Waals surface area contributed by atoms with Crippen LogP contribution in [0.4, 0.5) is 0 Å². The molecule has 3 rings (SSSR count). The lowest BCUT2D eigenvalue weighted by atomic mass is 10.1. The molecule has 128 valence electrons. The van der Waals surface area contributed by atoms with E-state index in [1.807, 2.05) is 30.3 Å². The highest BCUT2D eigenvalue weighted by Gasteiger charge is 2.48. The van der Waals surface area contributed by atoms with E-state index in [9.17, 15) is 14.4 Å². The second kappa shape index (κ2) is 7.03. The fourth-order valence-corrected chi connectivity index (χ4v) is 3.22. The molecule has 2 amide bonds. The van der Waals surface area contributed by atoms with Gasteiger partial charge in [0, 0.05) is 25.6 Å². The number of amides is 2. The van der Waals surface area contributed by atoms with E-state index in [0.29, 0.717) is 25.9 Å². The standard InChI is InChI=1S/C18H22N2O4/c21-16(7-6-12-4-2-1-3-5-12)20-9-8-13(11-20)19-17(22)14-10-15(14)18(23)24/h1-5,13-15H,6-11H2,(H,19,22)(H,23,24). The summed E-state index contributed by atoms with van der Waals surface area (Å²) in [6.07, 6.45) is 2.34. The van der Waals surface area contributed by atoms with Gasteiger partial charge in [-0.2, -0.15) is 0 Å². The highest BCUT2D eigenvalue weighted by molar-refractivity contribution is 5.89. The van der Waals surface area contributed by atoms with Gasteiger partial charge in [-0.15, -0.1) is 0 Å². The molecule has 1 saturated heterocycles. The van der Waals surface area contributed by atoms with Crippen molar-refractivity contribution in [2.24, 2.45) is 11.8 Å². The number of carbonyl (C=O) groups is 3. The number of carboxylic acids is 1. The lowest BCUT2D eigenvalue weighted by molar-refractivity contribution is -0.140. The van der Waals surface area contributed by atoms with Crippen molar-refractivity contribution < 1.29 is 19.5 Å². The van der Waals surface area contributed by atoms with Crippen LogP contribution in [0, 0.1) is 11.8 Å². The fourth-order valence-electron chi connectivity index (χ4n) is 3.22. The van der Waals surface area contributed by atoms with Crippen molar-refractivity contribution in [3.63, 3.8) is 0 Å². The smallest absolute Gasteiger partial charge is 0.307 e. The second-order valence-electron chi connectivity index (χ2n) is 6.61. The maximum atomic E-state index is 12.3. The number of benzene rings is 1. The van der Waals surface area contributed by atoms with E-state index in [4.69, 9.17) is 5.11 Å². The van der Waals surface area contributed by atoms with E-state index in [1.54, 1.807) is 4.90 Å². The molecule has 2 aliphatic rings. The molecule has 1 heterocycles. The molecule has 6 nitrogen and oxygen atoms in total. The normalized spacial score (nSPS) is 25.3.